The van der Waals surface area contributed by atoms with E-state index in [2.05, 4.69) is 15.4 Å². The molecule has 1 aliphatic rings. The summed E-state index contributed by atoms with van der Waals surface area (Å²) < 4.78 is 45.2. The fraction of sp³-hybridized carbons (Fsp3) is 0.343. The number of methoxy groups -OCH3 is 3. The quantitative estimate of drug-likeness (QED) is 0.258. The van der Waals surface area contributed by atoms with Gasteiger partial charge in [0.25, 0.3) is 5.56 Å². The Morgan fingerprint density at radius 2 is 1.57 bits per heavy atom. The van der Waals surface area contributed by atoms with Gasteiger partial charge >= 0.3 is 12.1 Å². The van der Waals surface area contributed by atoms with Gasteiger partial charge < -0.3 is 34.8 Å². The van der Waals surface area contributed by atoms with Crippen molar-refractivity contribution in [2.75, 3.05) is 62.7 Å². The monoisotopic (exact) mass is 707 g/mol. The third-order valence-electron chi connectivity index (χ3n) is 8.52. The Labute approximate surface area is 292 Å². The molecule has 1 aliphatic heterocycles. The molecule has 0 saturated carbocycles. The number of hydrogen-bond acceptors (Lipinski definition) is 9. The lowest BCUT2D eigenvalue weighted by Crippen LogP contribution is -2.62. The number of aromatic nitrogens is 2. The zero-order valence-electron chi connectivity index (χ0n) is 29.0. The number of nitrogens with one attached hydrogen (secondary N) is 2. The van der Waals surface area contributed by atoms with Crippen LogP contribution in [-0.2, 0) is 9.53 Å². The second-order valence-corrected chi connectivity index (χ2v) is 12.3. The van der Waals surface area contributed by atoms with Gasteiger partial charge in [-0.25, -0.2) is 28.0 Å². The molecule has 14 nitrogen and oxygen atoms in total. The number of carbonyl (C=O) groups excluding carboxylic acids is 3. The minimum absolute atomic E-state index is 0.0113. The summed E-state index contributed by atoms with van der Waals surface area (Å²) in [4.78, 5) is 61.4. The van der Waals surface area contributed by atoms with Crippen LogP contribution in [0.4, 0.5) is 29.7 Å². The molecule has 1 unspecified atom stereocenters. The molecule has 0 spiro atoms. The van der Waals surface area contributed by atoms with Crippen molar-refractivity contribution < 1.29 is 37.4 Å². The van der Waals surface area contributed by atoms with Crippen LogP contribution in [0, 0.1) is 11.6 Å². The molecular formula is C35H39F2N7O7. The van der Waals surface area contributed by atoms with Gasteiger partial charge in [0.05, 0.1) is 57.1 Å². The highest BCUT2D eigenvalue weighted by molar-refractivity contribution is 6.03. The summed E-state index contributed by atoms with van der Waals surface area (Å²) in [6.07, 6.45) is -0.756. The Hall–Kier alpha value is -5.93. The van der Waals surface area contributed by atoms with Gasteiger partial charge in [0.2, 0.25) is 5.91 Å². The van der Waals surface area contributed by atoms with Crippen LogP contribution in [-0.4, -0.2) is 85.6 Å². The number of carbonyl (C=O) groups is 3. The van der Waals surface area contributed by atoms with Crippen molar-refractivity contribution in [1.82, 2.24) is 19.9 Å². The van der Waals surface area contributed by atoms with E-state index in [0.29, 0.717) is 17.1 Å². The number of anilines is 2. The highest BCUT2D eigenvalue weighted by atomic mass is 19.1. The molecule has 270 valence electrons. The number of rotatable bonds is 9. The van der Waals surface area contributed by atoms with Crippen LogP contribution in [0.1, 0.15) is 32.6 Å². The second-order valence-electron chi connectivity index (χ2n) is 12.3. The number of nitrogens with zero attached hydrogens (tertiary/aromatic N) is 5. The summed E-state index contributed by atoms with van der Waals surface area (Å²) in [7, 11) is 4.12. The standard InChI is InChI=1S/C35H39F2N7O7/c1-21(43(28-14-12-25(49-4)20-29(28)50-5)33(47)38-24-10-7-22(36)8-11-24)30-39-27-13-9-23(37)19-26(27)31(45)44(30)42-17-15-41(16-18-42)32(46)35(2,3)40-34(48)51-6/h7-14,19-21H,15-18H2,1-6H3,(H,38,47)(H,40,48). The van der Waals surface area contributed by atoms with Crippen molar-refractivity contribution >= 4 is 40.3 Å². The smallest absolute Gasteiger partial charge is 0.407 e. The predicted molar refractivity (Wildman–Crippen MR) is 186 cm³/mol. The first kappa shape index (κ1) is 36.4. The maximum Gasteiger partial charge on any atom is 0.407 e. The van der Waals surface area contributed by atoms with E-state index in [4.69, 9.17) is 14.5 Å². The number of hydrogen-bond donors (Lipinski definition) is 2. The molecule has 3 aromatic carbocycles. The van der Waals surface area contributed by atoms with E-state index < -0.39 is 40.9 Å². The highest BCUT2D eigenvalue weighted by Crippen LogP contribution is 2.37. The lowest BCUT2D eigenvalue weighted by atomic mass is 10.0. The molecule has 51 heavy (non-hydrogen) atoms. The van der Waals surface area contributed by atoms with Crippen LogP contribution >= 0.6 is 0 Å². The van der Waals surface area contributed by atoms with E-state index in [1.54, 1.807) is 48.9 Å². The van der Waals surface area contributed by atoms with Gasteiger partial charge in [-0.15, -0.1) is 0 Å². The minimum atomic E-state index is -1.27. The fourth-order valence-electron chi connectivity index (χ4n) is 5.87. The van der Waals surface area contributed by atoms with Gasteiger partial charge in [0.15, 0.2) is 5.82 Å². The van der Waals surface area contributed by atoms with Crippen LogP contribution in [0.3, 0.4) is 0 Å². The Morgan fingerprint density at radius 1 is 0.902 bits per heavy atom. The van der Waals surface area contributed by atoms with Gasteiger partial charge in [-0.1, -0.05) is 0 Å². The maximum atomic E-state index is 14.5. The SMILES string of the molecule is COC(=O)NC(C)(C)C(=O)N1CCN(n2c(C(C)N(C(=O)Nc3ccc(F)cc3)c3ccc(OC)cc3OC)nc3ccc(F)cc3c2=O)CC1. The van der Waals surface area contributed by atoms with Crippen molar-refractivity contribution in [2.24, 2.45) is 0 Å². The first-order valence-corrected chi connectivity index (χ1v) is 16.0. The molecule has 0 radical (unpaired) electrons. The normalized spacial score (nSPS) is 13.7. The lowest BCUT2D eigenvalue weighted by molar-refractivity contribution is -0.137. The summed E-state index contributed by atoms with van der Waals surface area (Å²) in [5.74, 6) is -0.625. The van der Waals surface area contributed by atoms with Crippen LogP contribution in [0.25, 0.3) is 10.9 Å². The zero-order valence-corrected chi connectivity index (χ0v) is 29.0. The number of urea groups is 1. The van der Waals surface area contributed by atoms with Crippen molar-refractivity contribution in [3.05, 3.63) is 88.5 Å². The average Bonchev–Trinajstić information content (AvgIpc) is 3.12. The van der Waals surface area contributed by atoms with E-state index in [0.717, 1.165) is 6.07 Å². The molecular weight excluding hydrogens is 668 g/mol. The number of piperazine rings is 1. The number of alkyl carbamates (subject to hydrolysis) is 1. The molecule has 1 aromatic heterocycles. The highest BCUT2D eigenvalue weighted by Gasteiger charge is 2.37. The number of ether oxygens (including phenoxy) is 3. The Morgan fingerprint density at radius 3 is 2.20 bits per heavy atom. The molecule has 1 saturated heterocycles. The third kappa shape index (κ3) is 7.64. The summed E-state index contributed by atoms with van der Waals surface area (Å²) in [5.41, 5.74) is -1.07. The first-order chi connectivity index (χ1) is 24.3. The molecule has 4 aromatic rings. The van der Waals surface area contributed by atoms with Crippen molar-refractivity contribution in [1.29, 1.82) is 0 Å². The van der Waals surface area contributed by atoms with Crippen LogP contribution in [0.2, 0.25) is 0 Å². The summed E-state index contributed by atoms with van der Waals surface area (Å²) in [6, 6.07) is 12.1. The van der Waals surface area contributed by atoms with Crippen LogP contribution < -0.4 is 35.6 Å². The molecule has 4 amide bonds. The van der Waals surface area contributed by atoms with Crippen LogP contribution in [0.5, 0.6) is 11.5 Å². The predicted octanol–water partition coefficient (Wildman–Crippen LogP) is 4.41. The number of fused-ring (bicyclic) bond motifs is 1. The molecule has 0 bridgehead atoms. The topological polar surface area (TPSA) is 148 Å². The molecule has 2 heterocycles. The summed E-state index contributed by atoms with van der Waals surface area (Å²) in [6.45, 7) is 5.41. The number of halogens is 2. The Kier molecular flexibility index (Phi) is 10.6. The molecule has 1 fully saturated rings. The minimum Gasteiger partial charge on any atom is -0.497 e. The van der Waals surface area contributed by atoms with Gasteiger partial charge in [0.1, 0.15) is 28.7 Å². The van der Waals surface area contributed by atoms with Crippen molar-refractivity contribution in [2.45, 2.75) is 32.4 Å². The average molecular weight is 708 g/mol. The molecule has 1 atom stereocenters. The van der Waals surface area contributed by atoms with Crippen molar-refractivity contribution in [3.63, 3.8) is 0 Å². The maximum absolute atomic E-state index is 14.5. The van der Waals surface area contributed by atoms with E-state index in [9.17, 15) is 28.0 Å². The van der Waals surface area contributed by atoms with Crippen LogP contribution in [0.15, 0.2) is 65.5 Å². The fourth-order valence-corrected chi connectivity index (χ4v) is 5.87. The summed E-state index contributed by atoms with van der Waals surface area (Å²) >= 11 is 0. The third-order valence-corrected chi connectivity index (χ3v) is 8.52. The Balaban J connectivity index is 1.59. The van der Waals surface area contributed by atoms with Gasteiger partial charge in [0, 0.05) is 24.8 Å². The van der Waals surface area contributed by atoms with E-state index in [-0.39, 0.29) is 54.6 Å². The molecule has 5 rings (SSSR count). The first-order valence-electron chi connectivity index (χ1n) is 16.0. The largest absolute Gasteiger partial charge is 0.497 e. The van der Waals surface area contributed by atoms with E-state index in [1.807, 2.05) is 0 Å². The van der Waals surface area contributed by atoms with Crippen molar-refractivity contribution in [3.8, 4) is 11.5 Å². The number of benzene rings is 3. The zero-order chi connectivity index (χ0) is 37.0. The molecule has 0 aliphatic carbocycles. The van der Waals surface area contributed by atoms with Gasteiger partial charge in [-0.05, 0) is 75.4 Å². The molecule has 2 N–H and O–H groups in total. The molecule has 16 heteroatoms. The van der Waals surface area contributed by atoms with Gasteiger partial charge in [-0.2, -0.15) is 0 Å². The Bertz CT molecular complexity index is 2000. The second kappa shape index (κ2) is 14.9. The van der Waals surface area contributed by atoms with E-state index >= 15 is 0 Å². The van der Waals surface area contributed by atoms with E-state index in [1.165, 1.54) is 67.3 Å². The summed E-state index contributed by atoms with van der Waals surface area (Å²) in [5, 5.41) is 7.00. The van der Waals surface area contributed by atoms with Gasteiger partial charge in [-0.3, -0.25) is 14.5 Å². The number of amides is 4. The lowest BCUT2D eigenvalue weighted by Gasteiger charge is -2.41.